The van der Waals surface area contributed by atoms with E-state index in [-0.39, 0.29) is 12.6 Å². The van der Waals surface area contributed by atoms with Gasteiger partial charge in [-0.05, 0) is 18.4 Å². The summed E-state index contributed by atoms with van der Waals surface area (Å²) >= 11 is 0. The first-order valence-electron chi connectivity index (χ1n) is 5.89. The number of aliphatic hydroxyl groups excluding tert-OH is 1. The number of nitrogen functional groups attached to an aromatic ring is 1. The van der Waals surface area contributed by atoms with Crippen LogP contribution in [0.1, 0.15) is 24.6 Å². The molecule has 1 atom stereocenters. The molecule has 0 spiro atoms. The first-order chi connectivity index (χ1) is 8.26. The average Bonchev–Trinajstić information content (AvgIpc) is 2.75. The number of aromatic nitrogens is 2. The molecule has 0 bridgehead atoms. The van der Waals surface area contributed by atoms with Crippen LogP contribution < -0.4 is 11.1 Å². The largest absolute Gasteiger partial charge is 0.395 e. The Kier molecular flexibility index (Phi) is 3.71. The summed E-state index contributed by atoms with van der Waals surface area (Å²) in [6, 6.07) is 0.138. The topological polar surface area (TPSA) is 84.1 Å². The molecule has 2 rings (SSSR count). The van der Waals surface area contributed by atoms with Crippen LogP contribution >= 0.6 is 0 Å². The molecular weight excluding hydrogens is 216 g/mol. The molecule has 0 saturated heterocycles. The molecule has 1 aromatic heterocycles. The molecule has 0 saturated carbocycles. The number of anilines is 1. The van der Waals surface area contributed by atoms with Crippen LogP contribution in [-0.2, 0) is 6.42 Å². The average molecular weight is 234 g/mol. The SMILES string of the molecule is CC[C@@H](CO)NCC1=CCc2c(N)ncnc21. The zero-order valence-electron chi connectivity index (χ0n) is 9.98. The van der Waals surface area contributed by atoms with E-state index in [2.05, 4.69) is 21.4 Å². The molecular formula is C12H18N4O. The van der Waals surface area contributed by atoms with Crippen LogP contribution in [0.15, 0.2) is 12.4 Å². The Bertz CT molecular complexity index is 427. The minimum atomic E-state index is 0.138. The molecule has 4 N–H and O–H groups in total. The van der Waals surface area contributed by atoms with E-state index in [0.29, 0.717) is 12.4 Å². The third-order valence-corrected chi connectivity index (χ3v) is 3.13. The van der Waals surface area contributed by atoms with Gasteiger partial charge in [0.05, 0.1) is 12.3 Å². The molecule has 0 amide bonds. The van der Waals surface area contributed by atoms with Crippen molar-refractivity contribution in [3.63, 3.8) is 0 Å². The molecule has 0 radical (unpaired) electrons. The van der Waals surface area contributed by atoms with Gasteiger partial charge in [0.25, 0.3) is 0 Å². The van der Waals surface area contributed by atoms with Gasteiger partial charge in [0.1, 0.15) is 12.1 Å². The maximum absolute atomic E-state index is 9.11. The normalized spacial score (nSPS) is 15.5. The smallest absolute Gasteiger partial charge is 0.130 e. The maximum Gasteiger partial charge on any atom is 0.130 e. The highest BCUT2D eigenvalue weighted by atomic mass is 16.3. The monoisotopic (exact) mass is 234 g/mol. The predicted molar refractivity (Wildman–Crippen MR) is 67.3 cm³/mol. The summed E-state index contributed by atoms with van der Waals surface area (Å²) in [4.78, 5) is 8.25. The molecule has 1 aliphatic rings. The Hall–Kier alpha value is -1.46. The first kappa shape index (κ1) is 12.0. The van der Waals surface area contributed by atoms with Crippen molar-refractivity contribution in [1.29, 1.82) is 0 Å². The Morgan fingerprint density at radius 3 is 3.06 bits per heavy atom. The van der Waals surface area contributed by atoms with Crippen LogP contribution in [-0.4, -0.2) is 34.3 Å². The van der Waals surface area contributed by atoms with Crippen LogP contribution in [0, 0.1) is 0 Å². The fraction of sp³-hybridized carbons (Fsp3) is 0.500. The zero-order chi connectivity index (χ0) is 12.3. The van der Waals surface area contributed by atoms with Gasteiger partial charge in [-0.3, -0.25) is 0 Å². The van der Waals surface area contributed by atoms with E-state index < -0.39 is 0 Å². The summed E-state index contributed by atoms with van der Waals surface area (Å²) in [5, 5.41) is 12.4. The van der Waals surface area contributed by atoms with Crippen LogP contribution in [0.3, 0.4) is 0 Å². The van der Waals surface area contributed by atoms with Gasteiger partial charge >= 0.3 is 0 Å². The van der Waals surface area contributed by atoms with E-state index in [0.717, 1.165) is 29.7 Å². The van der Waals surface area contributed by atoms with Crippen molar-refractivity contribution in [3.8, 4) is 0 Å². The lowest BCUT2D eigenvalue weighted by atomic mass is 10.1. The molecule has 0 unspecified atom stereocenters. The fourth-order valence-corrected chi connectivity index (χ4v) is 1.97. The van der Waals surface area contributed by atoms with Crippen molar-refractivity contribution >= 4 is 11.4 Å². The van der Waals surface area contributed by atoms with E-state index in [9.17, 15) is 0 Å². The number of fused-ring (bicyclic) bond motifs is 1. The predicted octanol–water partition coefficient (Wildman–Crippen LogP) is 0.359. The minimum Gasteiger partial charge on any atom is -0.395 e. The lowest BCUT2D eigenvalue weighted by Crippen LogP contribution is -2.32. The summed E-state index contributed by atoms with van der Waals surface area (Å²) in [6.45, 7) is 2.91. The van der Waals surface area contributed by atoms with Crippen molar-refractivity contribution in [1.82, 2.24) is 15.3 Å². The van der Waals surface area contributed by atoms with E-state index in [1.807, 2.05) is 6.92 Å². The molecule has 92 valence electrons. The van der Waals surface area contributed by atoms with Crippen molar-refractivity contribution in [3.05, 3.63) is 23.7 Å². The van der Waals surface area contributed by atoms with Gasteiger partial charge in [-0.15, -0.1) is 0 Å². The minimum absolute atomic E-state index is 0.138. The van der Waals surface area contributed by atoms with E-state index in [4.69, 9.17) is 10.8 Å². The van der Waals surface area contributed by atoms with Gasteiger partial charge in [-0.25, -0.2) is 9.97 Å². The molecule has 1 aliphatic carbocycles. The third kappa shape index (κ3) is 2.45. The van der Waals surface area contributed by atoms with Gasteiger partial charge in [0.15, 0.2) is 0 Å². The summed E-state index contributed by atoms with van der Waals surface area (Å²) < 4.78 is 0. The van der Waals surface area contributed by atoms with Gasteiger partial charge in [-0.1, -0.05) is 13.0 Å². The summed E-state index contributed by atoms with van der Waals surface area (Å²) in [5.74, 6) is 0.565. The number of allylic oxidation sites excluding steroid dienone is 1. The lowest BCUT2D eigenvalue weighted by molar-refractivity contribution is 0.243. The van der Waals surface area contributed by atoms with Crippen molar-refractivity contribution in [2.24, 2.45) is 0 Å². The summed E-state index contributed by atoms with van der Waals surface area (Å²) in [5.41, 5.74) is 8.89. The molecule has 17 heavy (non-hydrogen) atoms. The van der Waals surface area contributed by atoms with Crippen molar-refractivity contribution in [2.75, 3.05) is 18.9 Å². The second-order valence-electron chi connectivity index (χ2n) is 4.19. The zero-order valence-corrected chi connectivity index (χ0v) is 9.98. The van der Waals surface area contributed by atoms with Crippen LogP contribution in [0.2, 0.25) is 0 Å². The molecule has 0 aliphatic heterocycles. The number of hydrogen-bond acceptors (Lipinski definition) is 5. The van der Waals surface area contributed by atoms with Crippen molar-refractivity contribution in [2.45, 2.75) is 25.8 Å². The molecule has 1 heterocycles. The van der Waals surface area contributed by atoms with Crippen LogP contribution in [0.4, 0.5) is 5.82 Å². The van der Waals surface area contributed by atoms with Gasteiger partial charge in [0, 0.05) is 18.2 Å². The van der Waals surface area contributed by atoms with Gasteiger partial charge in [-0.2, -0.15) is 0 Å². The Balaban J connectivity index is 2.04. The third-order valence-electron chi connectivity index (χ3n) is 3.13. The number of nitrogens with one attached hydrogen (secondary N) is 1. The van der Waals surface area contributed by atoms with Gasteiger partial charge < -0.3 is 16.2 Å². The second-order valence-corrected chi connectivity index (χ2v) is 4.19. The quantitative estimate of drug-likeness (QED) is 0.685. The highest BCUT2D eigenvalue weighted by Gasteiger charge is 2.18. The number of rotatable bonds is 5. The molecule has 0 aromatic carbocycles. The first-order valence-corrected chi connectivity index (χ1v) is 5.89. The molecule has 5 nitrogen and oxygen atoms in total. The molecule has 0 fully saturated rings. The van der Waals surface area contributed by atoms with E-state index >= 15 is 0 Å². The number of nitrogens with two attached hydrogens (primary N) is 1. The Morgan fingerprint density at radius 2 is 2.35 bits per heavy atom. The van der Waals surface area contributed by atoms with Crippen LogP contribution in [0.5, 0.6) is 0 Å². The second kappa shape index (κ2) is 5.25. The Labute approximate surface area is 101 Å². The van der Waals surface area contributed by atoms with E-state index in [1.54, 1.807) is 0 Å². The van der Waals surface area contributed by atoms with E-state index in [1.165, 1.54) is 6.33 Å². The highest BCUT2D eigenvalue weighted by molar-refractivity contribution is 5.74. The van der Waals surface area contributed by atoms with Gasteiger partial charge in [0.2, 0.25) is 0 Å². The van der Waals surface area contributed by atoms with Crippen molar-refractivity contribution < 1.29 is 5.11 Å². The highest BCUT2D eigenvalue weighted by Crippen LogP contribution is 2.27. The maximum atomic E-state index is 9.11. The number of nitrogens with zero attached hydrogens (tertiary/aromatic N) is 2. The summed E-state index contributed by atoms with van der Waals surface area (Å²) in [6.07, 6.45) is 5.32. The molecule has 1 aromatic rings. The molecule has 5 heteroatoms. The lowest BCUT2D eigenvalue weighted by Gasteiger charge is -2.14. The Morgan fingerprint density at radius 1 is 1.53 bits per heavy atom. The summed E-state index contributed by atoms with van der Waals surface area (Å²) in [7, 11) is 0. The number of hydrogen-bond donors (Lipinski definition) is 3. The standard InChI is InChI=1S/C12H18N4O/c1-2-9(6-17)14-5-8-3-4-10-11(8)15-7-16-12(10)13/h3,7,9,14,17H,2,4-6H2,1H3,(H2,13,15,16)/t9-/m0/s1. The number of aliphatic hydroxyl groups is 1. The fourth-order valence-electron chi connectivity index (χ4n) is 1.97. The van der Waals surface area contributed by atoms with Crippen LogP contribution in [0.25, 0.3) is 5.57 Å².